The van der Waals surface area contributed by atoms with Crippen molar-refractivity contribution in [2.24, 2.45) is 5.84 Å². The summed E-state index contributed by atoms with van der Waals surface area (Å²) in [6.45, 7) is 2.97. The highest BCUT2D eigenvalue weighted by Crippen LogP contribution is 2.24. The van der Waals surface area contributed by atoms with Crippen LogP contribution in [0.2, 0.25) is 0 Å². The number of hydrogen-bond acceptors (Lipinski definition) is 8. The summed E-state index contributed by atoms with van der Waals surface area (Å²) >= 11 is 0. The Bertz CT molecular complexity index is 812. The molecule has 1 saturated heterocycles. The summed E-state index contributed by atoms with van der Waals surface area (Å²) in [5.74, 6) is 7.06. The van der Waals surface area contributed by atoms with Crippen LogP contribution in [-0.4, -0.2) is 50.9 Å². The highest BCUT2D eigenvalue weighted by molar-refractivity contribution is 5.65. The minimum absolute atomic E-state index is 0.591. The molecule has 3 aromatic rings. The molecule has 0 aliphatic carbocycles. The third-order valence-corrected chi connectivity index (χ3v) is 3.74. The molecule has 0 amide bonds. The number of ether oxygens (including phenoxy) is 1. The third kappa shape index (κ3) is 2.56. The maximum Gasteiger partial charge on any atom is 0.160 e. The largest absolute Gasteiger partial charge is 0.378 e. The Hall–Kier alpha value is -2.78. The Balaban J connectivity index is 1.85. The van der Waals surface area contributed by atoms with Crippen LogP contribution >= 0.6 is 0 Å². The summed E-state index contributed by atoms with van der Waals surface area (Å²) in [6.07, 6.45) is 3.19. The maximum absolute atomic E-state index is 5.55. The summed E-state index contributed by atoms with van der Waals surface area (Å²) < 4.78 is 7.23. The first kappa shape index (κ1) is 13.9. The van der Waals surface area contributed by atoms with Crippen LogP contribution in [0, 0.1) is 0 Å². The van der Waals surface area contributed by atoms with E-state index in [-0.39, 0.29) is 0 Å². The van der Waals surface area contributed by atoms with Gasteiger partial charge in [-0.25, -0.2) is 20.8 Å². The van der Waals surface area contributed by atoms with Gasteiger partial charge in [0.2, 0.25) is 0 Å². The van der Waals surface area contributed by atoms with E-state index in [0.717, 1.165) is 30.3 Å². The van der Waals surface area contributed by atoms with Crippen LogP contribution in [0.5, 0.6) is 0 Å². The van der Waals surface area contributed by atoms with Crippen LogP contribution < -0.4 is 16.2 Å². The molecule has 1 fully saturated rings. The molecule has 4 rings (SSSR count). The lowest BCUT2D eigenvalue weighted by Gasteiger charge is -2.29. The van der Waals surface area contributed by atoms with Gasteiger partial charge in [0.1, 0.15) is 23.7 Å². The first-order valence-corrected chi connectivity index (χ1v) is 7.32. The highest BCUT2D eigenvalue weighted by atomic mass is 16.5. The van der Waals surface area contributed by atoms with Crippen LogP contribution in [0.15, 0.2) is 30.7 Å². The third-order valence-electron chi connectivity index (χ3n) is 3.74. The molecule has 0 spiro atoms. The van der Waals surface area contributed by atoms with Gasteiger partial charge in [-0.15, -0.1) is 0 Å². The van der Waals surface area contributed by atoms with E-state index in [1.165, 1.54) is 6.33 Å². The molecule has 0 aromatic carbocycles. The van der Waals surface area contributed by atoms with E-state index in [1.54, 1.807) is 6.20 Å². The molecule has 3 N–H and O–H groups in total. The summed E-state index contributed by atoms with van der Waals surface area (Å²) in [5, 5.41) is 4.65. The van der Waals surface area contributed by atoms with Crippen molar-refractivity contribution in [2.45, 2.75) is 0 Å². The summed E-state index contributed by atoms with van der Waals surface area (Å²) in [6, 6.07) is 5.58. The van der Waals surface area contributed by atoms with Crippen LogP contribution in [0.3, 0.4) is 0 Å². The first-order valence-electron chi connectivity index (χ1n) is 7.32. The van der Waals surface area contributed by atoms with E-state index in [0.29, 0.717) is 24.7 Å². The van der Waals surface area contributed by atoms with Crippen LogP contribution in [-0.2, 0) is 4.74 Å². The number of nitrogens with two attached hydrogens (primary N) is 1. The fourth-order valence-corrected chi connectivity index (χ4v) is 2.62. The molecule has 0 radical (unpaired) electrons. The van der Waals surface area contributed by atoms with E-state index in [2.05, 4.69) is 30.4 Å². The number of nitrogens with zero attached hydrogens (tertiary/aromatic N) is 6. The fraction of sp³-hybridized carbons (Fsp3) is 0.286. The molecule has 23 heavy (non-hydrogen) atoms. The number of rotatable bonds is 3. The normalized spacial score (nSPS) is 15.1. The van der Waals surface area contributed by atoms with Crippen molar-refractivity contribution in [1.29, 1.82) is 0 Å². The molecule has 0 atom stereocenters. The van der Waals surface area contributed by atoms with E-state index in [1.807, 2.05) is 22.7 Å². The lowest BCUT2D eigenvalue weighted by Crippen LogP contribution is -2.37. The molecule has 0 unspecified atom stereocenters. The van der Waals surface area contributed by atoms with E-state index in [4.69, 9.17) is 10.6 Å². The van der Waals surface area contributed by atoms with Gasteiger partial charge in [0.05, 0.1) is 18.9 Å². The lowest BCUT2D eigenvalue weighted by atomic mass is 10.3. The SMILES string of the molecule is NNc1cc(N2CCOCC2)n2nc(-c3ccncn3)cc2n1. The molecule has 0 bridgehead atoms. The van der Waals surface area contributed by atoms with Crippen LogP contribution in [0.1, 0.15) is 0 Å². The number of hydrogen-bond donors (Lipinski definition) is 2. The van der Waals surface area contributed by atoms with Gasteiger partial charge in [0, 0.05) is 31.4 Å². The summed E-state index contributed by atoms with van der Waals surface area (Å²) in [4.78, 5) is 14.8. The fourth-order valence-electron chi connectivity index (χ4n) is 2.62. The molecule has 1 aliphatic rings. The van der Waals surface area contributed by atoms with Gasteiger partial charge in [-0.1, -0.05) is 0 Å². The second-order valence-electron chi connectivity index (χ2n) is 5.14. The molecule has 9 nitrogen and oxygen atoms in total. The summed E-state index contributed by atoms with van der Waals surface area (Å²) in [7, 11) is 0. The average molecular weight is 312 g/mol. The monoisotopic (exact) mass is 312 g/mol. The zero-order chi connectivity index (χ0) is 15.6. The molecule has 9 heteroatoms. The van der Waals surface area contributed by atoms with Crippen molar-refractivity contribution in [3.63, 3.8) is 0 Å². The van der Waals surface area contributed by atoms with E-state index < -0.39 is 0 Å². The Morgan fingerprint density at radius 1 is 1.17 bits per heavy atom. The average Bonchev–Trinajstić information content (AvgIpc) is 3.06. The topological polar surface area (TPSA) is 106 Å². The Labute approximate surface area is 132 Å². The Morgan fingerprint density at radius 3 is 2.78 bits per heavy atom. The van der Waals surface area contributed by atoms with Gasteiger partial charge < -0.3 is 15.1 Å². The zero-order valence-corrected chi connectivity index (χ0v) is 12.4. The van der Waals surface area contributed by atoms with Crippen molar-refractivity contribution in [2.75, 3.05) is 36.6 Å². The number of morpholine rings is 1. The van der Waals surface area contributed by atoms with Gasteiger partial charge in [-0.2, -0.15) is 9.61 Å². The molecule has 3 aromatic heterocycles. The van der Waals surface area contributed by atoms with Crippen molar-refractivity contribution in [1.82, 2.24) is 24.6 Å². The molecule has 118 valence electrons. The molecule has 1 aliphatic heterocycles. The standard InChI is InChI=1S/C14H16N8O/c15-19-12-8-14(21-3-5-23-6-4-21)22-13(18-12)7-11(20-22)10-1-2-16-9-17-10/h1-2,7-9H,3-6,15H2,(H,18,19). The molecule has 0 saturated carbocycles. The van der Waals surface area contributed by atoms with Crippen LogP contribution in [0.25, 0.3) is 17.0 Å². The predicted molar refractivity (Wildman–Crippen MR) is 84.9 cm³/mol. The van der Waals surface area contributed by atoms with Crippen molar-refractivity contribution >= 4 is 17.3 Å². The van der Waals surface area contributed by atoms with Gasteiger partial charge in [0.15, 0.2) is 5.65 Å². The quantitative estimate of drug-likeness (QED) is 0.525. The number of aromatic nitrogens is 5. The Morgan fingerprint density at radius 2 is 2.04 bits per heavy atom. The molecular weight excluding hydrogens is 296 g/mol. The number of fused-ring (bicyclic) bond motifs is 1. The van der Waals surface area contributed by atoms with Gasteiger partial charge in [-0.05, 0) is 6.07 Å². The number of nitrogen functional groups attached to an aromatic ring is 1. The molecule has 4 heterocycles. The van der Waals surface area contributed by atoms with E-state index >= 15 is 0 Å². The predicted octanol–water partition coefficient (Wildman–Crippen LogP) is 0.308. The minimum atomic E-state index is 0.591. The lowest BCUT2D eigenvalue weighted by molar-refractivity contribution is 0.122. The maximum atomic E-state index is 5.55. The second kappa shape index (κ2) is 5.78. The van der Waals surface area contributed by atoms with Crippen molar-refractivity contribution in [3.8, 4) is 11.4 Å². The van der Waals surface area contributed by atoms with Gasteiger partial charge >= 0.3 is 0 Å². The van der Waals surface area contributed by atoms with E-state index in [9.17, 15) is 0 Å². The number of hydrazine groups is 1. The smallest absolute Gasteiger partial charge is 0.160 e. The van der Waals surface area contributed by atoms with Crippen molar-refractivity contribution in [3.05, 3.63) is 30.7 Å². The summed E-state index contributed by atoms with van der Waals surface area (Å²) in [5.41, 5.74) is 4.81. The first-order chi connectivity index (χ1) is 11.3. The van der Waals surface area contributed by atoms with Gasteiger partial charge in [-0.3, -0.25) is 0 Å². The highest BCUT2D eigenvalue weighted by Gasteiger charge is 2.18. The second-order valence-corrected chi connectivity index (χ2v) is 5.14. The Kier molecular flexibility index (Phi) is 3.48. The zero-order valence-electron chi connectivity index (χ0n) is 12.4. The van der Waals surface area contributed by atoms with Gasteiger partial charge in [0.25, 0.3) is 0 Å². The minimum Gasteiger partial charge on any atom is -0.378 e. The van der Waals surface area contributed by atoms with Crippen molar-refractivity contribution < 1.29 is 4.74 Å². The number of anilines is 2. The molecular formula is C14H16N8O. The number of nitrogens with one attached hydrogen (secondary N) is 1. The van der Waals surface area contributed by atoms with Crippen LogP contribution in [0.4, 0.5) is 11.6 Å².